The molecule has 3 N–H and O–H groups in total. The Labute approximate surface area is 83.7 Å². The van der Waals surface area contributed by atoms with Crippen LogP contribution < -0.4 is 11.1 Å². The predicted molar refractivity (Wildman–Crippen MR) is 56.0 cm³/mol. The van der Waals surface area contributed by atoms with Crippen LogP contribution in [-0.4, -0.2) is 11.9 Å². The van der Waals surface area contributed by atoms with E-state index in [4.69, 9.17) is 5.73 Å². The van der Waals surface area contributed by atoms with Crippen LogP contribution in [0, 0.1) is 0 Å². The van der Waals surface area contributed by atoms with Gasteiger partial charge in [0.1, 0.15) is 0 Å². The Morgan fingerprint density at radius 3 is 2.38 bits per heavy atom. The van der Waals surface area contributed by atoms with Crippen LogP contribution in [0.5, 0.6) is 0 Å². The molecule has 0 saturated carbocycles. The maximum atomic E-state index is 11.1. The number of carbonyl (C=O) groups excluding carboxylic acids is 1. The molecule has 0 aliphatic carbocycles. The molecule has 0 aliphatic rings. The zero-order valence-corrected chi connectivity index (χ0v) is 8.17. The highest BCUT2D eigenvalue weighted by atomic mass is 35.5. The molecule has 0 bridgehead atoms. The third kappa shape index (κ3) is 3.92. The molecule has 0 radical (unpaired) electrons. The zero-order chi connectivity index (χ0) is 8.97. The number of amides is 1. The summed E-state index contributed by atoms with van der Waals surface area (Å²) in [5.41, 5.74) is 6.15. The standard InChI is InChI=1S/C9H12N2O.ClH/c1-7(10)9(12)11-8-5-3-2-4-6-8;/h2-7H,10H2,1H3,(H,11,12);1H/t7-;/m0./s1. The molecule has 0 saturated heterocycles. The zero-order valence-electron chi connectivity index (χ0n) is 7.36. The van der Waals surface area contributed by atoms with Crippen LogP contribution in [0.4, 0.5) is 5.69 Å². The van der Waals surface area contributed by atoms with Crippen molar-refractivity contribution in [2.24, 2.45) is 5.73 Å². The van der Waals surface area contributed by atoms with E-state index in [1.807, 2.05) is 30.3 Å². The molecule has 0 spiro atoms. The highest BCUT2D eigenvalue weighted by Crippen LogP contribution is 2.04. The van der Waals surface area contributed by atoms with Gasteiger partial charge in [0.25, 0.3) is 0 Å². The predicted octanol–water partition coefficient (Wildman–Crippen LogP) is 1.39. The Hall–Kier alpha value is -1.06. The summed E-state index contributed by atoms with van der Waals surface area (Å²) >= 11 is 0. The Kier molecular flexibility index (Phi) is 5.11. The van der Waals surface area contributed by atoms with E-state index in [9.17, 15) is 4.79 Å². The van der Waals surface area contributed by atoms with Crippen LogP contribution >= 0.6 is 12.4 Å². The lowest BCUT2D eigenvalue weighted by Crippen LogP contribution is -2.32. The van der Waals surface area contributed by atoms with E-state index in [0.717, 1.165) is 5.69 Å². The quantitative estimate of drug-likeness (QED) is 0.758. The van der Waals surface area contributed by atoms with Gasteiger partial charge in [-0.15, -0.1) is 12.4 Å². The number of hydrogen-bond acceptors (Lipinski definition) is 2. The van der Waals surface area contributed by atoms with Crippen LogP contribution in [0.3, 0.4) is 0 Å². The summed E-state index contributed by atoms with van der Waals surface area (Å²) < 4.78 is 0. The average molecular weight is 201 g/mol. The second kappa shape index (κ2) is 5.56. The minimum Gasteiger partial charge on any atom is -0.325 e. The summed E-state index contributed by atoms with van der Waals surface area (Å²) in [5, 5.41) is 2.68. The van der Waals surface area contributed by atoms with E-state index in [1.54, 1.807) is 6.92 Å². The van der Waals surface area contributed by atoms with Crippen molar-refractivity contribution in [1.29, 1.82) is 0 Å². The fourth-order valence-electron chi connectivity index (χ4n) is 0.778. The van der Waals surface area contributed by atoms with Gasteiger partial charge in [-0.3, -0.25) is 4.79 Å². The fourth-order valence-corrected chi connectivity index (χ4v) is 0.778. The first kappa shape index (κ1) is 11.9. The van der Waals surface area contributed by atoms with Gasteiger partial charge in [-0.05, 0) is 19.1 Å². The first-order valence-electron chi connectivity index (χ1n) is 3.81. The van der Waals surface area contributed by atoms with Crippen LogP contribution in [0.25, 0.3) is 0 Å². The Morgan fingerprint density at radius 2 is 1.92 bits per heavy atom. The van der Waals surface area contributed by atoms with Crippen molar-refractivity contribution in [1.82, 2.24) is 0 Å². The minimum atomic E-state index is -0.467. The normalized spacial score (nSPS) is 11.2. The van der Waals surface area contributed by atoms with Gasteiger partial charge in [0.2, 0.25) is 5.91 Å². The summed E-state index contributed by atoms with van der Waals surface area (Å²) in [6.07, 6.45) is 0. The van der Waals surface area contributed by atoms with Crippen molar-refractivity contribution in [2.45, 2.75) is 13.0 Å². The molecule has 0 heterocycles. The Morgan fingerprint density at radius 1 is 1.38 bits per heavy atom. The number of anilines is 1. The van der Waals surface area contributed by atoms with Crippen molar-refractivity contribution in [3.05, 3.63) is 30.3 Å². The van der Waals surface area contributed by atoms with Crippen LogP contribution in [0.15, 0.2) is 30.3 Å². The second-order valence-corrected chi connectivity index (χ2v) is 2.64. The van der Waals surface area contributed by atoms with Gasteiger partial charge in [0.15, 0.2) is 0 Å². The van der Waals surface area contributed by atoms with Gasteiger partial charge < -0.3 is 11.1 Å². The fraction of sp³-hybridized carbons (Fsp3) is 0.222. The van der Waals surface area contributed by atoms with Crippen molar-refractivity contribution < 1.29 is 4.79 Å². The molecule has 1 amide bonds. The molecule has 0 unspecified atom stereocenters. The highest BCUT2D eigenvalue weighted by molar-refractivity contribution is 5.94. The van der Waals surface area contributed by atoms with Gasteiger partial charge in [-0.2, -0.15) is 0 Å². The molecule has 4 heteroatoms. The molecule has 1 aromatic rings. The largest absolute Gasteiger partial charge is 0.325 e. The van der Waals surface area contributed by atoms with Crippen LogP contribution in [0.2, 0.25) is 0 Å². The van der Waals surface area contributed by atoms with Gasteiger partial charge >= 0.3 is 0 Å². The molecule has 1 aromatic carbocycles. The van der Waals surface area contributed by atoms with E-state index in [2.05, 4.69) is 5.32 Å². The first-order valence-corrected chi connectivity index (χ1v) is 3.81. The van der Waals surface area contributed by atoms with Crippen molar-refractivity contribution in [2.75, 3.05) is 5.32 Å². The molecular formula is C9H13ClN2O. The van der Waals surface area contributed by atoms with Crippen molar-refractivity contribution in [3.8, 4) is 0 Å². The smallest absolute Gasteiger partial charge is 0.240 e. The number of benzene rings is 1. The van der Waals surface area contributed by atoms with E-state index >= 15 is 0 Å². The average Bonchev–Trinajstić information content (AvgIpc) is 2.06. The van der Waals surface area contributed by atoms with Gasteiger partial charge in [0, 0.05) is 5.69 Å². The van der Waals surface area contributed by atoms with E-state index in [1.165, 1.54) is 0 Å². The molecule has 1 atom stereocenters. The lowest BCUT2D eigenvalue weighted by Gasteiger charge is -2.06. The third-order valence-electron chi connectivity index (χ3n) is 1.45. The number of nitrogens with two attached hydrogens (primary N) is 1. The van der Waals surface area contributed by atoms with E-state index in [0.29, 0.717) is 0 Å². The highest BCUT2D eigenvalue weighted by Gasteiger charge is 2.05. The molecule has 1 rings (SSSR count). The molecule has 72 valence electrons. The Bertz CT molecular complexity index is 262. The van der Waals surface area contributed by atoms with Gasteiger partial charge in [-0.25, -0.2) is 0 Å². The third-order valence-corrected chi connectivity index (χ3v) is 1.45. The summed E-state index contributed by atoms with van der Waals surface area (Å²) in [7, 11) is 0. The van der Waals surface area contributed by atoms with Crippen molar-refractivity contribution >= 4 is 24.0 Å². The minimum absolute atomic E-state index is 0. The van der Waals surface area contributed by atoms with Crippen LogP contribution in [-0.2, 0) is 4.79 Å². The lowest BCUT2D eigenvalue weighted by atomic mass is 10.3. The van der Waals surface area contributed by atoms with E-state index in [-0.39, 0.29) is 18.3 Å². The number of carbonyl (C=O) groups is 1. The molecular weight excluding hydrogens is 188 g/mol. The number of para-hydroxylation sites is 1. The second-order valence-electron chi connectivity index (χ2n) is 2.64. The topological polar surface area (TPSA) is 55.1 Å². The summed E-state index contributed by atoms with van der Waals surface area (Å²) in [5.74, 6) is -0.166. The monoisotopic (exact) mass is 200 g/mol. The molecule has 0 aliphatic heterocycles. The maximum Gasteiger partial charge on any atom is 0.240 e. The summed E-state index contributed by atoms with van der Waals surface area (Å²) in [6, 6.07) is 8.78. The number of rotatable bonds is 2. The molecule has 13 heavy (non-hydrogen) atoms. The Balaban J connectivity index is 0.00000144. The van der Waals surface area contributed by atoms with Gasteiger partial charge in [-0.1, -0.05) is 18.2 Å². The number of hydrogen-bond donors (Lipinski definition) is 2. The van der Waals surface area contributed by atoms with Crippen LogP contribution in [0.1, 0.15) is 6.92 Å². The number of nitrogens with one attached hydrogen (secondary N) is 1. The lowest BCUT2D eigenvalue weighted by molar-refractivity contribution is -0.117. The van der Waals surface area contributed by atoms with E-state index < -0.39 is 6.04 Å². The van der Waals surface area contributed by atoms with Crippen molar-refractivity contribution in [3.63, 3.8) is 0 Å². The molecule has 3 nitrogen and oxygen atoms in total. The first-order chi connectivity index (χ1) is 5.70. The SMILES string of the molecule is C[C@H](N)C(=O)Nc1ccccc1.Cl. The number of halogens is 1. The maximum absolute atomic E-state index is 11.1. The summed E-state index contributed by atoms with van der Waals surface area (Å²) in [6.45, 7) is 1.65. The summed E-state index contributed by atoms with van der Waals surface area (Å²) in [4.78, 5) is 11.1. The molecule has 0 aromatic heterocycles. The van der Waals surface area contributed by atoms with Gasteiger partial charge in [0.05, 0.1) is 6.04 Å². The molecule has 0 fully saturated rings.